The standard InChI is InChI=1S/C17H24BrN5O/c1-11-2-3-14(18)21-15(11)22-16(24)12-8-17(9-13(17)20-12)10-23-6-4-19-5-7-23/h2-3,12-13,19-20H,4-10H2,1H3,(H,21,22,24)/t12-,13?,17?/m0/s1. The van der Waals surface area contributed by atoms with Gasteiger partial charge in [0.1, 0.15) is 10.4 Å². The molecule has 2 saturated heterocycles. The van der Waals surface area contributed by atoms with Crippen LogP contribution in [-0.4, -0.2) is 60.6 Å². The van der Waals surface area contributed by atoms with Crippen molar-refractivity contribution >= 4 is 27.7 Å². The summed E-state index contributed by atoms with van der Waals surface area (Å²) >= 11 is 3.36. The first-order valence-electron chi connectivity index (χ1n) is 8.69. The summed E-state index contributed by atoms with van der Waals surface area (Å²) in [6.45, 7) is 7.46. The highest BCUT2D eigenvalue weighted by Gasteiger charge is 2.61. The monoisotopic (exact) mass is 393 g/mol. The number of nitrogens with zero attached hydrogens (tertiary/aromatic N) is 2. The van der Waals surface area contributed by atoms with E-state index >= 15 is 0 Å². The summed E-state index contributed by atoms with van der Waals surface area (Å²) in [5.41, 5.74) is 1.28. The molecule has 130 valence electrons. The molecule has 1 aromatic heterocycles. The fourth-order valence-corrected chi connectivity index (χ4v) is 4.38. The van der Waals surface area contributed by atoms with Gasteiger partial charge in [-0.25, -0.2) is 4.98 Å². The second-order valence-electron chi connectivity index (χ2n) is 7.36. The number of piperazine rings is 1. The van der Waals surface area contributed by atoms with Crippen LogP contribution in [0.2, 0.25) is 0 Å². The Morgan fingerprint density at radius 3 is 3.00 bits per heavy atom. The molecule has 4 rings (SSSR count). The number of nitrogens with one attached hydrogen (secondary N) is 3. The van der Waals surface area contributed by atoms with E-state index in [1.807, 2.05) is 19.1 Å². The van der Waals surface area contributed by atoms with Crippen molar-refractivity contribution in [3.8, 4) is 0 Å². The highest BCUT2D eigenvalue weighted by atomic mass is 79.9. The van der Waals surface area contributed by atoms with Crippen molar-refractivity contribution < 1.29 is 4.79 Å². The number of pyridine rings is 1. The van der Waals surface area contributed by atoms with Gasteiger partial charge in [0.05, 0.1) is 6.04 Å². The lowest BCUT2D eigenvalue weighted by molar-refractivity contribution is -0.118. The van der Waals surface area contributed by atoms with Crippen LogP contribution in [0.5, 0.6) is 0 Å². The zero-order chi connectivity index (χ0) is 16.7. The maximum absolute atomic E-state index is 12.6. The number of hydrogen-bond acceptors (Lipinski definition) is 5. The minimum absolute atomic E-state index is 0.0376. The van der Waals surface area contributed by atoms with Gasteiger partial charge >= 0.3 is 0 Å². The number of hydrogen-bond donors (Lipinski definition) is 3. The number of piperidine rings is 1. The van der Waals surface area contributed by atoms with Crippen LogP contribution in [0.3, 0.4) is 0 Å². The van der Waals surface area contributed by atoms with E-state index in [4.69, 9.17) is 0 Å². The molecule has 1 saturated carbocycles. The van der Waals surface area contributed by atoms with E-state index in [1.165, 1.54) is 6.42 Å². The maximum atomic E-state index is 12.6. The van der Waals surface area contributed by atoms with E-state index in [1.54, 1.807) is 0 Å². The van der Waals surface area contributed by atoms with Gasteiger partial charge in [0.15, 0.2) is 0 Å². The fraction of sp³-hybridized carbons (Fsp3) is 0.647. The highest BCUT2D eigenvalue weighted by molar-refractivity contribution is 9.10. The third kappa shape index (κ3) is 3.22. The number of halogens is 1. The molecule has 6 nitrogen and oxygen atoms in total. The molecular formula is C17H24BrN5O. The first-order chi connectivity index (χ1) is 11.6. The third-order valence-corrected chi connectivity index (χ3v) is 6.01. The summed E-state index contributed by atoms with van der Waals surface area (Å²) in [6.07, 6.45) is 2.13. The smallest absolute Gasteiger partial charge is 0.242 e. The Labute approximate surface area is 150 Å². The molecule has 1 aromatic rings. The van der Waals surface area contributed by atoms with Crippen molar-refractivity contribution in [2.75, 3.05) is 38.0 Å². The van der Waals surface area contributed by atoms with Gasteiger partial charge < -0.3 is 20.9 Å². The van der Waals surface area contributed by atoms with E-state index in [9.17, 15) is 4.79 Å². The average molecular weight is 394 g/mol. The topological polar surface area (TPSA) is 69.3 Å². The van der Waals surface area contributed by atoms with Crippen LogP contribution in [0.15, 0.2) is 16.7 Å². The van der Waals surface area contributed by atoms with Gasteiger partial charge in [-0.05, 0) is 47.3 Å². The summed E-state index contributed by atoms with van der Waals surface area (Å²) in [6, 6.07) is 4.24. The van der Waals surface area contributed by atoms with Crippen molar-refractivity contribution in [2.24, 2.45) is 5.41 Å². The summed E-state index contributed by atoms with van der Waals surface area (Å²) in [5.74, 6) is 0.684. The molecule has 0 radical (unpaired) electrons. The molecule has 0 spiro atoms. The molecule has 1 aliphatic carbocycles. The average Bonchev–Trinajstić information content (AvgIpc) is 3.11. The normalized spacial score (nSPS) is 32.4. The zero-order valence-electron chi connectivity index (χ0n) is 13.9. The number of fused-ring (bicyclic) bond motifs is 1. The molecular weight excluding hydrogens is 370 g/mol. The second kappa shape index (κ2) is 6.37. The number of carbonyl (C=O) groups is 1. The molecule has 2 aliphatic heterocycles. The van der Waals surface area contributed by atoms with Crippen LogP contribution < -0.4 is 16.0 Å². The molecule has 3 fully saturated rings. The predicted octanol–water partition coefficient (Wildman–Crippen LogP) is 1.12. The van der Waals surface area contributed by atoms with Crippen LogP contribution >= 0.6 is 15.9 Å². The molecule has 3 N–H and O–H groups in total. The van der Waals surface area contributed by atoms with Crippen molar-refractivity contribution in [3.63, 3.8) is 0 Å². The van der Waals surface area contributed by atoms with Crippen molar-refractivity contribution in [2.45, 2.75) is 31.8 Å². The minimum Gasteiger partial charge on any atom is -0.314 e. The van der Waals surface area contributed by atoms with Gasteiger partial charge in [-0.2, -0.15) is 0 Å². The van der Waals surface area contributed by atoms with E-state index in [2.05, 4.69) is 41.8 Å². The quantitative estimate of drug-likeness (QED) is 0.668. The van der Waals surface area contributed by atoms with E-state index in [-0.39, 0.29) is 11.9 Å². The van der Waals surface area contributed by atoms with Crippen LogP contribution in [0.25, 0.3) is 0 Å². The van der Waals surface area contributed by atoms with Crippen LogP contribution in [-0.2, 0) is 4.79 Å². The molecule has 24 heavy (non-hydrogen) atoms. The highest BCUT2D eigenvalue weighted by Crippen LogP contribution is 2.55. The summed E-state index contributed by atoms with van der Waals surface area (Å²) in [5, 5.41) is 9.91. The molecule has 3 aliphatic rings. The molecule has 0 bridgehead atoms. The number of anilines is 1. The summed E-state index contributed by atoms with van der Waals surface area (Å²) < 4.78 is 0.737. The molecule has 0 aromatic carbocycles. The molecule has 2 unspecified atom stereocenters. The Morgan fingerprint density at radius 1 is 1.42 bits per heavy atom. The Hall–Kier alpha value is -1.02. The fourth-order valence-electron chi connectivity index (χ4n) is 4.07. The number of amides is 1. The van der Waals surface area contributed by atoms with Gasteiger partial charge in [-0.3, -0.25) is 4.79 Å². The predicted molar refractivity (Wildman–Crippen MR) is 97.0 cm³/mol. The Morgan fingerprint density at radius 2 is 2.21 bits per heavy atom. The third-order valence-electron chi connectivity index (χ3n) is 5.57. The van der Waals surface area contributed by atoms with Gasteiger partial charge in [-0.1, -0.05) is 6.07 Å². The molecule has 1 amide bonds. The van der Waals surface area contributed by atoms with Crippen molar-refractivity contribution in [1.82, 2.24) is 20.5 Å². The SMILES string of the molecule is Cc1ccc(Br)nc1NC(=O)[C@@H]1CC2(CN3CCNCC3)CC2N1. The number of rotatable bonds is 4. The Balaban J connectivity index is 1.36. The van der Waals surface area contributed by atoms with Gasteiger partial charge in [0.25, 0.3) is 0 Å². The van der Waals surface area contributed by atoms with Gasteiger partial charge in [0.2, 0.25) is 5.91 Å². The second-order valence-corrected chi connectivity index (χ2v) is 8.17. The van der Waals surface area contributed by atoms with Crippen molar-refractivity contribution in [1.29, 1.82) is 0 Å². The van der Waals surface area contributed by atoms with Crippen LogP contribution in [0, 0.1) is 12.3 Å². The zero-order valence-corrected chi connectivity index (χ0v) is 15.5. The van der Waals surface area contributed by atoms with Gasteiger partial charge in [-0.15, -0.1) is 0 Å². The lowest BCUT2D eigenvalue weighted by Crippen LogP contribution is -2.46. The number of carbonyl (C=O) groups excluding carboxylic acids is 1. The van der Waals surface area contributed by atoms with E-state index in [0.717, 1.165) is 49.3 Å². The Kier molecular flexibility index (Phi) is 4.36. The lowest BCUT2D eigenvalue weighted by atomic mass is 9.98. The lowest BCUT2D eigenvalue weighted by Gasteiger charge is -2.30. The summed E-state index contributed by atoms with van der Waals surface area (Å²) in [7, 11) is 0. The maximum Gasteiger partial charge on any atom is 0.242 e. The van der Waals surface area contributed by atoms with Crippen LogP contribution in [0.1, 0.15) is 18.4 Å². The molecule has 3 atom stereocenters. The molecule has 3 heterocycles. The number of aromatic nitrogens is 1. The largest absolute Gasteiger partial charge is 0.314 e. The first-order valence-corrected chi connectivity index (χ1v) is 9.48. The van der Waals surface area contributed by atoms with Crippen LogP contribution in [0.4, 0.5) is 5.82 Å². The minimum atomic E-state index is -0.105. The number of aryl methyl sites for hydroxylation is 1. The summed E-state index contributed by atoms with van der Waals surface area (Å²) in [4.78, 5) is 19.5. The Bertz CT molecular complexity index is 648. The van der Waals surface area contributed by atoms with E-state index in [0.29, 0.717) is 17.3 Å². The first kappa shape index (κ1) is 16.4. The van der Waals surface area contributed by atoms with E-state index < -0.39 is 0 Å². The molecule has 7 heteroatoms. The van der Waals surface area contributed by atoms with Crippen molar-refractivity contribution in [3.05, 3.63) is 22.3 Å². The van der Waals surface area contributed by atoms with Gasteiger partial charge in [0, 0.05) is 44.2 Å².